The van der Waals surface area contributed by atoms with Crippen LogP contribution in [0.15, 0.2) is 48.5 Å². The highest BCUT2D eigenvalue weighted by Crippen LogP contribution is 2.27. The Kier molecular flexibility index (Phi) is 6.98. The summed E-state index contributed by atoms with van der Waals surface area (Å²) in [5, 5.41) is 3.62. The van der Waals surface area contributed by atoms with E-state index >= 15 is 0 Å². The molecule has 1 aliphatic rings. The van der Waals surface area contributed by atoms with Crippen LogP contribution in [0.5, 0.6) is 0 Å². The SMILES string of the molecule is CC(C)c1ccccc1NC(=O)C1CCN(S(=O)(=O)Cc2ccc(Cl)cc2)CC1. The van der Waals surface area contributed by atoms with Gasteiger partial charge in [0.25, 0.3) is 0 Å². The summed E-state index contributed by atoms with van der Waals surface area (Å²) in [6.07, 6.45) is 1.05. The molecular weight excluding hydrogens is 408 g/mol. The van der Waals surface area contributed by atoms with Gasteiger partial charge in [-0.3, -0.25) is 4.79 Å². The minimum absolute atomic E-state index is 0.0344. The van der Waals surface area contributed by atoms with Crippen molar-refractivity contribution in [2.45, 2.75) is 38.4 Å². The number of nitrogens with one attached hydrogen (secondary N) is 1. The highest BCUT2D eigenvalue weighted by Gasteiger charge is 2.31. The maximum atomic E-state index is 12.7. The van der Waals surface area contributed by atoms with Crippen molar-refractivity contribution in [2.24, 2.45) is 5.92 Å². The number of amides is 1. The summed E-state index contributed by atoms with van der Waals surface area (Å²) in [6.45, 7) is 4.91. The van der Waals surface area contributed by atoms with Crippen molar-refractivity contribution >= 4 is 33.2 Å². The summed E-state index contributed by atoms with van der Waals surface area (Å²) in [4.78, 5) is 12.7. The van der Waals surface area contributed by atoms with Crippen molar-refractivity contribution in [2.75, 3.05) is 18.4 Å². The lowest BCUT2D eigenvalue weighted by Gasteiger charge is -2.30. The molecule has 0 radical (unpaired) electrons. The van der Waals surface area contributed by atoms with Gasteiger partial charge in [0.15, 0.2) is 0 Å². The normalized spacial score (nSPS) is 16.1. The molecule has 0 spiro atoms. The van der Waals surface area contributed by atoms with Crippen molar-refractivity contribution < 1.29 is 13.2 Å². The standard InChI is InChI=1S/C22H27ClN2O3S/c1-16(2)20-5-3-4-6-21(20)24-22(26)18-11-13-25(14-12-18)29(27,28)15-17-7-9-19(23)10-8-17/h3-10,16,18H,11-15H2,1-2H3,(H,24,26). The first-order valence-corrected chi connectivity index (χ1v) is 11.9. The Morgan fingerprint density at radius 3 is 2.34 bits per heavy atom. The number of hydrogen-bond acceptors (Lipinski definition) is 3. The van der Waals surface area contributed by atoms with E-state index in [-0.39, 0.29) is 17.6 Å². The van der Waals surface area contributed by atoms with E-state index in [0.29, 0.717) is 42.4 Å². The summed E-state index contributed by atoms with van der Waals surface area (Å²) in [6, 6.07) is 14.7. The summed E-state index contributed by atoms with van der Waals surface area (Å²) < 4.78 is 26.9. The largest absolute Gasteiger partial charge is 0.326 e. The molecule has 0 saturated carbocycles. The Bertz CT molecular complexity index is 950. The summed E-state index contributed by atoms with van der Waals surface area (Å²) in [5.41, 5.74) is 2.65. The average Bonchev–Trinajstić information content (AvgIpc) is 2.70. The monoisotopic (exact) mass is 434 g/mol. The number of piperidine rings is 1. The van der Waals surface area contributed by atoms with Crippen molar-refractivity contribution in [3.63, 3.8) is 0 Å². The van der Waals surface area contributed by atoms with E-state index < -0.39 is 10.0 Å². The first-order chi connectivity index (χ1) is 13.8. The van der Waals surface area contributed by atoms with Crippen LogP contribution < -0.4 is 5.32 Å². The molecule has 3 rings (SSSR count). The van der Waals surface area contributed by atoms with E-state index in [2.05, 4.69) is 19.2 Å². The van der Waals surface area contributed by atoms with Gasteiger partial charge in [-0.2, -0.15) is 0 Å². The molecule has 29 heavy (non-hydrogen) atoms. The number of nitrogens with zero attached hydrogens (tertiary/aromatic N) is 1. The van der Waals surface area contributed by atoms with Gasteiger partial charge in [-0.25, -0.2) is 12.7 Å². The molecule has 0 bridgehead atoms. The predicted molar refractivity (Wildman–Crippen MR) is 118 cm³/mol. The maximum absolute atomic E-state index is 12.7. The second-order valence-corrected chi connectivity index (χ2v) is 10.2. The van der Waals surface area contributed by atoms with Crippen LogP contribution in [0.3, 0.4) is 0 Å². The number of rotatable bonds is 6. The third-order valence-electron chi connectivity index (χ3n) is 5.32. The van der Waals surface area contributed by atoms with E-state index in [1.54, 1.807) is 24.3 Å². The summed E-state index contributed by atoms with van der Waals surface area (Å²) in [7, 11) is -3.42. The highest BCUT2D eigenvalue weighted by molar-refractivity contribution is 7.88. The number of hydrogen-bond donors (Lipinski definition) is 1. The minimum atomic E-state index is -3.42. The molecule has 1 heterocycles. The molecule has 1 saturated heterocycles. The second kappa shape index (κ2) is 9.28. The lowest BCUT2D eigenvalue weighted by Crippen LogP contribution is -2.41. The zero-order chi connectivity index (χ0) is 21.0. The Morgan fingerprint density at radius 1 is 1.10 bits per heavy atom. The third-order valence-corrected chi connectivity index (χ3v) is 7.42. The lowest BCUT2D eigenvalue weighted by atomic mass is 9.96. The fourth-order valence-electron chi connectivity index (χ4n) is 3.63. The Hall–Kier alpha value is -1.89. The zero-order valence-corrected chi connectivity index (χ0v) is 18.3. The second-order valence-electron chi connectivity index (χ2n) is 7.79. The summed E-state index contributed by atoms with van der Waals surface area (Å²) in [5.74, 6) is 0.0411. The Morgan fingerprint density at radius 2 is 1.72 bits per heavy atom. The molecule has 0 aliphatic carbocycles. The smallest absolute Gasteiger partial charge is 0.227 e. The first kappa shape index (κ1) is 21.8. The van der Waals surface area contributed by atoms with Crippen molar-refractivity contribution in [3.05, 3.63) is 64.7 Å². The molecule has 7 heteroatoms. The van der Waals surface area contributed by atoms with Crippen LogP contribution in [0.2, 0.25) is 5.02 Å². The van der Waals surface area contributed by atoms with Crippen LogP contribution in [0.25, 0.3) is 0 Å². The van der Waals surface area contributed by atoms with Gasteiger partial charge in [-0.15, -0.1) is 0 Å². The molecule has 156 valence electrons. The van der Waals surface area contributed by atoms with Gasteiger partial charge in [0, 0.05) is 29.7 Å². The maximum Gasteiger partial charge on any atom is 0.227 e. The van der Waals surface area contributed by atoms with Crippen LogP contribution in [0, 0.1) is 5.92 Å². The molecular formula is C22H27ClN2O3S. The topological polar surface area (TPSA) is 66.5 Å². The number of benzene rings is 2. The van der Waals surface area contributed by atoms with Crippen LogP contribution in [0.1, 0.15) is 43.7 Å². The molecule has 5 nitrogen and oxygen atoms in total. The molecule has 0 unspecified atom stereocenters. The first-order valence-electron chi connectivity index (χ1n) is 9.88. The molecule has 0 aromatic heterocycles. The number of carbonyl (C=O) groups excluding carboxylic acids is 1. The van der Waals surface area contributed by atoms with Crippen molar-refractivity contribution in [1.82, 2.24) is 4.31 Å². The molecule has 1 aliphatic heterocycles. The summed E-state index contributed by atoms with van der Waals surface area (Å²) >= 11 is 5.86. The van der Waals surface area contributed by atoms with Gasteiger partial charge >= 0.3 is 0 Å². The van der Waals surface area contributed by atoms with Gasteiger partial charge < -0.3 is 5.32 Å². The van der Waals surface area contributed by atoms with E-state index in [4.69, 9.17) is 11.6 Å². The third kappa shape index (κ3) is 5.59. The van der Waals surface area contributed by atoms with Gasteiger partial charge in [0.05, 0.1) is 5.75 Å². The van der Waals surface area contributed by atoms with Gasteiger partial charge in [0.1, 0.15) is 0 Å². The Labute approximate surface area is 178 Å². The van der Waals surface area contributed by atoms with E-state index in [0.717, 1.165) is 11.3 Å². The minimum Gasteiger partial charge on any atom is -0.326 e. The molecule has 1 amide bonds. The van der Waals surface area contributed by atoms with Gasteiger partial charge in [-0.1, -0.05) is 55.8 Å². The molecule has 0 atom stereocenters. The van der Waals surface area contributed by atoms with Crippen LogP contribution in [-0.2, 0) is 20.6 Å². The van der Waals surface area contributed by atoms with Crippen LogP contribution >= 0.6 is 11.6 Å². The lowest BCUT2D eigenvalue weighted by molar-refractivity contribution is -0.120. The molecule has 2 aromatic carbocycles. The predicted octanol–water partition coefficient (Wildman–Crippen LogP) is 4.64. The van der Waals surface area contributed by atoms with E-state index in [1.165, 1.54) is 4.31 Å². The quantitative estimate of drug-likeness (QED) is 0.719. The van der Waals surface area contributed by atoms with Gasteiger partial charge in [-0.05, 0) is 48.1 Å². The van der Waals surface area contributed by atoms with E-state index in [9.17, 15) is 13.2 Å². The fraction of sp³-hybridized carbons (Fsp3) is 0.409. The Balaban J connectivity index is 1.58. The number of para-hydroxylation sites is 1. The number of carbonyl (C=O) groups is 1. The average molecular weight is 435 g/mol. The fourth-order valence-corrected chi connectivity index (χ4v) is 5.32. The zero-order valence-electron chi connectivity index (χ0n) is 16.8. The van der Waals surface area contributed by atoms with E-state index in [1.807, 2.05) is 24.3 Å². The van der Waals surface area contributed by atoms with Crippen molar-refractivity contribution in [1.29, 1.82) is 0 Å². The molecule has 2 aromatic rings. The van der Waals surface area contributed by atoms with Crippen LogP contribution in [0.4, 0.5) is 5.69 Å². The number of anilines is 1. The number of sulfonamides is 1. The molecule has 1 N–H and O–H groups in total. The van der Waals surface area contributed by atoms with Gasteiger partial charge in [0.2, 0.25) is 15.9 Å². The van der Waals surface area contributed by atoms with Crippen molar-refractivity contribution in [3.8, 4) is 0 Å². The highest BCUT2D eigenvalue weighted by atomic mass is 35.5. The number of halogens is 1. The molecule has 1 fully saturated rings. The van der Waals surface area contributed by atoms with Crippen LogP contribution in [-0.4, -0.2) is 31.7 Å².